The number of esters is 2. The van der Waals surface area contributed by atoms with Gasteiger partial charge in [0, 0.05) is 18.7 Å². The number of amides is 1. The third kappa shape index (κ3) is 5.03. The molecule has 1 saturated heterocycles. The van der Waals surface area contributed by atoms with Crippen LogP contribution in [0.1, 0.15) is 27.9 Å². The molecule has 4 rings (SSSR count). The van der Waals surface area contributed by atoms with Crippen LogP contribution in [0.5, 0.6) is 5.75 Å². The maximum absolute atomic E-state index is 12.6. The Bertz CT molecular complexity index is 1120. The van der Waals surface area contributed by atoms with E-state index in [1.54, 1.807) is 53.4 Å². The highest BCUT2D eigenvalue weighted by atomic mass is 16.5. The molecule has 1 atom stereocenters. The zero-order valence-corrected chi connectivity index (χ0v) is 17.7. The fraction of sp³-hybridized carbons (Fsp3) is 0.192. The Balaban J connectivity index is 1.34. The average molecular weight is 429 g/mol. The standard InChI is InChI=1S/C26H23NO5/c1-18-10-12-22(13-11-18)27-16-21(15-24(27)28)25(29)31-17-19-6-5-7-20(14-19)26(30)32-23-8-3-2-4-9-23/h2-14,21H,15-17H2,1H3/t21-/m0/s1. The van der Waals surface area contributed by atoms with E-state index in [9.17, 15) is 14.4 Å². The molecule has 0 aromatic heterocycles. The summed E-state index contributed by atoms with van der Waals surface area (Å²) >= 11 is 0. The normalized spacial score (nSPS) is 15.5. The van der Waals surface area contributed by atoms with E-state index in [1.807, 2.05) is 37.3 Å². The summed E-state index contributed by atoms with van der Waals surface area (Å²) in [5, 5.41) is 0. The Hall–Kier alpha value is -3.93. The van der Waals surface area contributed by atoms with E-state index in [-0.39, 0.29) is 18.9 Å². The van der Waals surface area contributed by atoms with Gasteiger partial charge in [0.1, 0.15) is 12.4 Å². The van der Waals surface area contributed by atoms with Crippen LogP contribution in [0.15, 0.2) is 78.9 Å². The zero-order valence-electron chi connectivity index (χ0n) is 17.7. The Kier molecular flexibility index (Phi) is 6.31. The number of nitrogens with zero attached hydrogens (tertiary/aromatic N) is 1. The number of ether oxygens (including phenoxy) is 2. The van der Waals surface area contributed by atoms with E-state index < -0.39 is 17.9 Å². The van der Waals surface area contributed by atoms with Crippen LogP contribution in [0.2, 0.25) is 0 Å². The van der Waals surface area contributed by atoms with Crippen molar-refractivity contribution in [1.29, 1.82) is 0 Å². The second kappa shape index (κ2) is 9.47. The van der Waals surface area contributed by atoms with E-state index in [2.05, 4.69) is 0 Å². The van der Waals surface area contributed by atoms with E-state index >= 15 is 0 Å². The van der Waals surface area contributed by atoms with Crippen LogP contribution in [0, 0.1) is 12.8 Å². The van der Waals surface area contributed by atoms with E-state index in [0.29, 0.717) is 23.4 Å². The number of benzene rings is 3. The Morgan fingerprint density at radius 3 is 2.47 bits per heavy atom. The molecule has 3 aromatic rings. The van der Waals surface area contributed by atoms with Crippen molar-refractivity contribution in [2.24, 2.45) is 5.92 Å². The third-order valence-corrected chi connectivity index (χ3v) is 5.30. The smallest absolute Gasteiger partial charge is 0.343 e. The fourth-order valence-corrected chi connectivity index (χ4v) is 3.55. The van der Waals surface area contributed by atoms with Crippen LogP contribution in [0.4, 0.5) is 5.69 Å². The summed E-state index contributed by atoms with van der Waals surface area (Å²) in [6.07, 6.45) is 0.121. The predicted octanol–water partition coefficient (Wildman–Crippen LogP) is 4.31. The summed E-state index contributed by atoms with van der Waals surface area (Å²) < 4.78 is 10.8. The van der Waals surface area contributed by atoms with Gasteiger partial charge in [-0.2, -0.15) is 0 Å². The molecule has 6 nitrogen and oxygen atoms in total. The number of carbonyl (C=O) groups excluding carboxylic acids is 3. The molecule has 32 heavy (non-hydrogen) atoms. The van der Waals surface area contributed by atoms with Crippen LogP contribution < -0.4 is 9.64 Å². The average Bonchev–Trinajstić information content (AvgIpc) is 3.20. The van der Waals surface area contributed by atoms with Crippen molar-refractivity contribution < 1.29 is 23.9 Å². The lowest BCUT2D eigenvalue weighted by atomic mass is 10.1. The van der Waals surface area contributed by atoms with Gasteiger partial charge in [0.05, 0.1) is 11.5 Å². The minimum Gasteiger partial charge on any atom is -0.461 e. The summed E-state index contributed by atoms with van der Waals surface area (Å²) in [6.45, 7) is 2.29. The van der Waals surface area contributed by atoms with Crippen molar-refractivity contribution in [3.63, 3.8) is 0 Å². The van der Waals surface area contributed by atoms with Crippen LogP contribution in [-0.4, -0.2) is 24.4 Å². The maximum Gasteiger partial charge on any atom is 0.343 e. The van der Waals surface area contributed by atoms with Gasteiger partial charge in [-0.3, -0.25) is 9.59 Å². The van der Waals surface area contributed by atoms with Gasteiger partial charge < -0.3 is 14.4 Å². The molecule has 1 aliphatic rings. The molecule has 1 heterocycles. The van der Waals surface area contributed by atoms with Gasteiger partial charge in [0.25, 0.3) is 0 Å². The van der Waals surface area contributed by atoms with E-state index in [1.165, 1.54) is 0 Å². The van der Waals surface area contributed by atoms with Crippen LogP contribution in [0.25, 0.3) is 0 Å². The van der Waals surface area contributed by atoms with Gasteiger partial charge in [-0.15, -0.1) is 0 Å². The topological polar surface area (TPSA) is 72.9 Å². The van der Waals surface area contributed by atoms with Gasteiger partial charge in [-0.1, -0.05) is 48.0 Å². The molecule has 6 heteroatoms. The monoisotopic (exact) mass is 429 g/mol. The minimum atomic E-state index is -0.518. The number of hydrogen-bond donors (Lipinski definition) is 0. The van der Waals surface area contributed by atoms with E-state index in [4.69, 9.17) is 9.47 Å². The molecule has 0 spiro atoms. The number of aryl methyl sites for hydroxylation is 1. The lowest BCUT2D eigenvalue weighted by Gasteiger charge is -2.16. The van der Waals surface area contributed by atoms with Crippen molar-refractivity contribution in [1.82, 2.24) is 0 Å². The number of anilines is 1. The first-order valence-electron chi connectivity index (χ1n) is 10.4. The summed E-state index contributed by atoms with van der Waals surface area (Å²) in [5.41, 5.74) is 2.91. The summed E-state index contributed by atoms with van der Waals surface area (Å²) in [6, 6.07) is 23.2. The molecule has 0 saturated carbocycles. The molecule has 1 fully saturated rings. The highest BCUT2D eigenvalue weighted by Gasteiger charge is 2.36. The molecule has 0 radical (unpaired) electrons. The van der Waals surface area contributed by atoms with Crippen molar-refractivity contribution in [2.45, 2.75) is 20.0 Å². The molecule has 0 bridgehead atoms. The largest absolute Gasteiger partial charge is 0.461 e. The highest BCUT2D eigenvalue weighted by molar-refractivity contribution is 5.99. The molecule has 162 valence electrons. The fourth-order valence-electron chi connectivity index (χ4n) is 3.55. The number of para-hydroxylation sites is 1. The van der Waals surface area contributed by atoms with Crippen molar-refractivity contribution in [2.75, 3.05) is 11.4 Å². The molecule has 3 aromatic carbocycles. The lowest BCUT2D eigenvalue weighted by molar-refractivity contribution is -0.149. The second-order valence-electron chi connectivity index (χ2n) is 7.75. The minimum absolute atomic E-state index is 0.0144. The van der Waals surface area contributed by atoms with Crippen molar-refractivity contribution >= 4 is 23.5 Å². The van der Waals surface area contributed by atoms with Crippen LogP contribution >= 0.6 is 0 Å². The van der Waals surface area contributed by atoms with Gasteiger partial charge in [0.2, 0.25) is 5.91 Å². The lowest BCUT2D eigenvalue weighted by Crippen LogP contribution is -2.26. The molecular formula is C26H23NO5. The Labute approximate surface area is 186 Å². The molecule has 1 amide bonds. The molecule has 0 unspecified atom stereocenters. The number of rotatable bonds is 6. The van der Waals surface area contributed by atoms with E-state index in [0.717, 1.165) is 11.3 Å². The molecule has 0 aliphatic carbocycles. The number of hydrogen-bond acceptors (Lipinski definition) is 5. The Morgan fingerprint density at radius 1 is 0.969 bits per heavy atom. The van der Waals surface area contributed by atoms with Crippen molar-refractivity contribution in [3.05, 3.63) is 95.6 Å². The second-order valence-corrected chi connectivity index (χ2v) is 7.75. The van der Waals surface area contributed by atoms with Gasteiger partial charge in [0.15, 0.2) is 0 Å². The quantitative estimate of drug-likeness (QED) is 0.431. The van der Waals surface area contributed by atoms with Gasteiger partial charge in [-0.05, 0) is 48.9 Å². The SMILES string of the molecule is Cc1ccc(N2C[C@@H](C(=O)OCc3cccc(C(=O)Oc4ccccc4)c3)CC2=O)cc1. The summed E-state index contributed by atoms with van der Waals surface area (Å²) in [5.74, 6) is -1.07. The first kappa shape index (κ1) is 21.3. The summed E-state index contributed by atoms with van der Waals surface area (Å²) in [4.78, 5) is 38.9. The van der Waals surface area contributed by atoms with Crippen LogP contribution in [-0.2, 0) is 20.9 Å². The number of carbonyl (C=O) groups is 3. The van der Waals surface area contributed by atoms with Gasteiger partial charge in [-0.25, -0.2) is 4.79 Å². The molecular weight excluding hydrogens is 406 g/mol. The molecule has 1 aliphatic heterocycles. The molecule has 0 N–H and O–H groups in total. The predicted molar refractivity (Wildman–Crippen MR) is 119 cm³/mol. The van der Waals surface area contributed by atoms with Crippen LogP contribution in [0.3, 0.4) is 0 Å². The van der Waals surface area contributed by atoms with Gasteiger partial charge >= 0.3 is 11.9 Å². The highest BCUT2D eigenvalue weighted by Crippen LogP contribution is 2.26. The zero-order chi connectivity index (χ0) is 22.5. The Morgan fingerprint density at radius 2 is 1.72 bits per heavy atom. The third-order valence-electron chi connectivity index (χ3n) is 5.30. The first-order valence-corrected chi connectivity index (χ1v) is 10.4. The summed E-state index contributed by atoms with van der Waals surface area (Å²) in [7, 11) is 0. The maximum atomic E-state index is 12.6. The van der Waals surface area contributed by atoms with Crippen molar-refractivity contribution in [3.8, 4) is 5.75 Å². The first-order chi connectivity index (χ1) is 15.5.